The molecule has 5 atom stereocenters. The van der Waals surface area contributed by atoms with Crippen LogP contribution in [0.4, 0.5) is 0 Å². The van der Waals surface area contributed by atoms with E-state index in [2.05, 4.69) is 4.89 Å². The zero-order valence-corrected chi connectivity index (χ0v) is 9.31. The second-order valence-electron chi connectivity index (χ2n) is 4.63. The van der Waals surface area contributed by atoms with Crippen LogP contribution >= 0.6 is 0 Å². The van der Waals surface area contributed by atoms with E-state index in [0.717, 1.165) is 0 Å². The highest BCUT2D eigenvalue weighted by molar-refractivity contribution is 7.87. The van der Waals surface area contributed by atoms with E-state index in [1.165, 1.54) is 0 Å². The number of aliphatic hydroxyl groups is 1. The molecule has 0 aromatic carbocycles. The molecule has 3 saturated heterocycles. The average molecular weight is 252 g/mol. The molecule has 3 aliphatic heterocycles. The van der Waals surface area contributed by atoms with Crippen LogP contribution in [0.1, 0.15) is 13.3 Å². The third-order valence-electron chi connectivity index (χ3n) is 4.02. The van der Waals surface area contributed by atoms with Crippen molar-refractivity contribution in [3.8, 4) is 0 Å². The van der Waals surface area contributed by atoms with Gasteiger partial charge in [-0.05, 0) is 0 Å². The topological polar surface area (TPSA) is 102 Å². The van der Waals surface area contributed by atoms with E-state index in [-0.39, 0.29) is 18.9 Å². The molecule has 0 amide bonds. The molecular formula is C8H12O7S. The van der Waals surface area contributed by atoms with Gasteiger partial charge < -0.3 is 9.84 Å². The molecule has 92 valence electrons. The number of rotatable bonds is 2. The van der Waals surface area contributed by atoms with Gasteiger partial charge in [0.15, 0.2) is 0 Å². The van der Waals surface area contributed by atoms with E-state index in [1.54, 1.807) is 6.92 Å². The lowest BCUT2D eigenvalue weighted by Gasteiger charge is -2.29. The highest BCUT2D eigenvalue weighted by atomic mass is 32.2. The average Bonchev–Trinajstić information content (AvgIpc) is 2.76. The molecule has 0 radical (unpaired) electrons. The fraction of sp³-hybridized carbons (Fsp3) is 1.00. The fourth-order valence-corrected chi connectivity index (χ4v) is 4.90. The SMILES string of the molecule is CC1C2OS(=O)(=O)C3CC1(CO)OC23OO. The van der Waals surface area contributed by atoms with Crippen LogP contribution in [0, 0.1) is 5.92 Å². The summed E-state index contributed by atoms with van der Waals surface area (Å²) in [6.45, 7) is 1.38. The van der Waals surface area contributed by atoms with Crippen LogP contribution in [-0.2, 0) is 23.9 Å². The van der Waals surface area contributed by atoms with Gasteiger partial charge in [0, 0.05) is 12.3 Å². The van der Waals surface area contributed by atoms with Crippen molar-refractivity contribution < 1.29 is 32.6 Å². The molecule has 0 aliphatic carbocycles. The monoisotopic (exact) mass is 252 g/mol. The van der Waals surface area contributed by atoms with Gasteiger partial charge in [0.2, 0.25) is 5.79 Å². The molecule has 3 rings (SSSR count). The minimum absolute atomic E-state index is 0.0735. The lowest BCUT2D eigenvalue weighted by atomic mass is 9.77. The van der Waals surface area contributed by atoms with Crippen molar-refractivity contribution in [3.05, 3.63) is 0 Å². The van der Waals surface area contributed by atoms with Crippen molar-refractivity contribution in [3.63, 3.8) is 0 Å². The van der Waals surface area contributed by atoms with Gasteiger partial charge in [-0.1, -0.05) is 6.92 Å². The molecule has 0 aromatic rings. The summed E-state index contributed by atoms with van der Waals surface area (Å²) < 4.78 is 33.7. The molecule has 0 saturated carbocycles. The first-order valence-corrected chi connectivity index (χ1v) is 6.45. The van der Waals surface area contributed by atoms with Gasteiger partial charge in [-0.3, -0.25) is 4.18 Å². The summed E-state index contributed by atoms with van der Waals surface area (Å²) in [6.07, 6.45) is -0.822. The van der Waals surface area contributed by atoms with E-state index in [9.17, 15) is 13.5 Å². The summed E-state index contributed by atoms with van der Waals surface area (Å²) in [5.41, 5.74) is -0.998. The summed E-state index contributed by atoms with van der Waals surface area (Å²) in [5, 5.41) is 17.2. The summed E-state index contributed by atoms with van der Waals surface area (Å²) in [7, 11) is -3.80. The zero-order valence-electron chi connectivity index (χ0n) is 8.49. The Bertz CT molecular complexity index is 434. The van der Waals surface area contributed by atoms with Gasteiger partial charge in [0.25, 0.3) is 10.1 Å². The minimum Gasteiger partial charge on any atom is -0.393 e. The van der Waals surface area contributed by atoms with Crippen LogP contribution in [0.2, 0.25) is 0 Å². The maximum Gasteiger partial charge on any atom is 0.276 e. The molecule has 3 fully saturated rings. The number of hydrogen-bond donors (Lipinski definition) is 2. The first kappa shape index (κ1) is 10.9. The van der Waals surface area contributed by atoms with Crippen molar-refractivity contribution in [2.24, 2.45) is 5.92 Å². The van der Waals surface area contributed by atoms with E-state index < -0.39 is 32.9 Å². The highest BCUT2D eigenvalue weighted by Gasteiger charge is 2.80. The van der Waals surface area contributed by atoms with E-state index in [0.29, 0.717) is 0 Å². The van der Waals surface area contributed by atoms with Gasteiger partial charge in [-0.15, -0.1) is 0 Å². The predicted octanol–water partition coefficient (Wildman–Crippen LogP) is -0.929. The quantitative estimate of drug-likeness (QED) is 0.372. The van der Waals surface area contributed by atoms with Crippen molar-refractivity contribution >= 4 is 10.1 Å². The maximum atomic E-state index is 11.7. The Hall–Kier alpha value is -0.250. The summed E-state index contributed by atoms with van der Waals surface area (Å²) in [4.78, 5) is 4.27. The molecule has 5 unspecified atom stereocenters. The number of hydrogen-bond acceptors (Lipinski definition) is 7. The van der Waals surface area contributed by atoms with Gasteiger partial charge in [0.05, 0.1) is 6.61 Å². The smallest absolute Gasteiger partial charge is 0.276 e. The predicted molar refractivity (Wildman–Crippen MR) is 48.7 cm³/mol. The standard InChI is InChI=1S/C8H12O7S/c1-4-6-8(15-10)5(16(11,12)13-6)2-7(4,3-9)14-8/h4-6,9-10H,2-3H2,1H3. The summed E-state index contributed by atoms with van der Waals surface area (Å²) >= 11 is 0. The summed E-state index contributed by atoms with van der Waals surface area (Å²) in [5.74, 6) is -2.03. The third kappa shape index (κ3) is 0.903. The minimum atomic E-state index is -3.80. The van der Waals surface area contributed by atoms with Crippen molar-refractivity contribution in [2.45, 2.75) is 36.1 Å². The molecule has 2 bridgehead atoms. The molecule has 0 spiro atoms. The fourth-order valence-electron chi connectivity index (χ4n) is 3.06. The zero-order chi connectivity index (χ0) is 11.8. The second kappa shape index (κ2) is 2.77. The number of ether oxygens (including phenoxy) is 1. The van der Waals surface area contributed by atoms with Gasteiger partial charge >= 0.3 is 0 Å². The third-order valence-corrected chi connectivity index (χ3v) is 5.69. The molecular weight excluding hydrogens is 240 g/mol. The Morgan fingerprint density at radius 2 is 2.25 bits per heavy atom. The number of fused-ring (bicyclic) bond motifs is 1. The van der Waals surface area contributed by atoms with Crippen molar-refractivity contribution in [1.29, 1.82) is 0 Å². The van der Waals surface area contributed by atoms with Crippen LogP contribution in [-0.4, -0.2) is 48.1 Å². The molecule has 16 heavy (non-hydrogen) atoms. The Labute approximate surface area is 92.0 Å². The molecule has 0 aromatic heterocycles. The second-order valence-corrected chi connectivity index (χ2v) is 6.38. The molecule has 8 heteroatoms. The maximum absolute atomic E-state index is 11.7. The van der Waals surface area contributed by atoms with Crippen LogP contribution < -0.4 is 0 Å². The van der Waals surface area contributed by atoms with Crippen molar-refractivity contribution in [2.75, 3.05) is 6.61 Å². The lowest BCUT2D eigenvalue weighted by molar-refractivity contribution is -0.398. The molecule has 3 heterocycles. The van der Waals surface area contributed by atoms with Crippen LogP contribution in [0.5, 0.6) is 0 Å². The number of aliphatic hydroxyl groups excluding tert-OH is 1. The largest absolute Gasteiger partial charge is 0.393 e. The highest BCUT2D eigenvalue weighted by Crippen LogP contribution is 2.61. The van der Waals surface area contributed by atoms with Crippen LogP contribution in [0.25, 0.3) is 0 Å². The first-order valence-electron chi connectivity index (χ1n) is 4.97. The Kier molecular flexibility index (Phi) is 1.88. The molecule has 3 aliphatic rings. The van der Waals surface area contributed by atoms with Crippen LogP contribution in [0.3, 0.4) is 0 Å². The van der Waals surface area contributed by atoms with Gasteiger partial charge in [-0.2, -0.15) is 13.3 Å². The molecule has 2 N–H and O–H groups in total. The van der Waals surface area contributed by atoms with E-state index in [4.69, 9.17) is 14.2 Å². The normalized spacial score (nSPS) is 57.1. The Morgan fingerprint density at radius 1 is 1.56 bits per heavy atom. The molecule has 7 nitrogen and oxygen atoms in total. The lowest BCUT2D eigenvalue weighted by Crippen LogP contribution is -2.49. The van der Waals surface area contributed by atoms with Crippen molar-refractivity contribution in [1.82, 2.24) is 0 Å². The van der Waals surface area contributed by atoms with Crippen LogP contribution in [0.15, 0.2) is 0 Å². The van der Waals surface area contributed by atoms with E-state index in [1.807, 2.05) is 0 Å². The van der Waals surface area contributed by atoms with Gasteiger partial charge in [0.1, 0.15) is 17.0 Å². The first-order chi connectivity index (χ1) is 7.42. The Morgan fingerprint density at radius 3 is 2.75 bits per heavy atom. The van der Waals surface area contributed by atoms with Gasteiger partial charge in [-0.25, -0.2) is 5.26 Å². The van der Waals surface area contributed by atoms with E-state index >= 15 is 0 Å². The Balaban J connectivity index is 2.17. The summed E-state index contributed by atoms with van der Waals surface area (Å²) in [6, 6.07) is 0.